The van der Waals surface area contributed by atoms with Crippen LogP contribution in [-0.4, -0.2) is 48.1 Å². The highest BCUT2D eigenvalue weighted by Gasteiger charge is 2.30. The van der Waals surface area contributed by atoms with Gasteiger partial charge in [0.25, 0.3) is 0 Å². The molecule has 0 amide bonds. The van der Waals surface area contributed by atoms with E-state index in [1.54, 1.807) is 0 Å². The topological polar surface area (TPSA) is 32.3 Å². The van der Waals surface area contributed by atoms with Crippen LogP contribution in [0, 0.1) is 6.92 Å². The van der Waals surface area contributed by atoms with E-state index in [2.05, 4.69) is 28.9 Å². The van der Waals surface area contributed by atoms with Crippen LogP contribution in [0.15, 0.2) is 0 Å². The summed E-state index contributed by atoms with van der Waals surface area (Å²) in [7, 11) is 4.33. The van der Waals surface area contributed by atoms with Gasteiger partial charge in [-0.25, -0.2) is 9.97 Å². The number of rotatable bonds is 3. The van der Waals surface area contributed by atoms with Crippen molar-refractivity contribution >= 4 is 17.4 Å². The number of hydrogen-bond donors (Lipinski definition) is 0. The number of anilines is 1. The third-order valence-corrected chi connectivity index (χ3v) is 4.88. The summed E-state index contributed by atoms with van der Waals surface area (Å²) in [5.74, 6) is 2.56. The summed E-state index contributed by atoms with van der Waals surface area (Å²) in [6.45, 7) is 4.15. The maximum absolute atomic E-state index is 6.30. The van der Waals surface area contributed by atoms with E-state index in [0.29, 0.717) is 17.1 Å². The average Bonchev–Trinajstić information content (AvgIpc) is 3.26. The van der Waals surface area contributed by atoms with Gasteiger partial charge >= 0.3 is 0 Å². The summed E-state index contributed by atoms with van der Waals surface area (Å²) in [4.78, 5) is 14.0. The normalized spacial score (nSPS) is 20.8. The molecule has 3 rings (SSSR count). The average molecular weight is 295 g/mol. The smallest absolute Gasteiger partial charge is 0.137 e. The maximum Gasteiger partial charge on any atom is 0.137 e. The summed E-state index contributed by atoms with van der Waals surface area (Å²) in [5, 5.41) is 0.631. The van der Waals surface area contributed by atoms with Crippen molar-refractivity contribution in [1.82, 2.24) is 14.9 Å². The van der Waals surface area contributed by atoms with E-state index in [1.165, 1.54) is 25.7 Å². The number of halogens is 1. The van der Waals surface area contributed by atoms with Crippen molar-refractivity contribution in [3.05, 3.63) is 16.5 Å². The number of hydrogen-bond acceptors (Lipinski definition) is 4. The first-order valence-electron chi connectivity index (χ1n) is 7.51. The zero-order chi connectivity index (χ0) is 14.3. The highest BCUT2D eigenvalue weighted by atomic mass is 35.5. The third kappa shape index (κ3) is 2.77. The summed E-state index contributed by atoms with van der Waals surface area (Å²) >= 11 is 6.30. The van der Waals surface area contributed by atoms with Gasteiger partial charge in [0.2, 0.25) is 0 Å². The molecule has 0 aromatic carbocycles. The van der Waals surface area contributed by atoms with Gasteiger partial charge in [-0.2, -0.15) is 0 Å². The van der Waals surface area contributed by atoms with Gasteiger partial charge in [-0.05, 0) is 46.7 Å². The fraction of sp³-hybridized carbons (Fsp3) is 0.733. The molecule has 0 bridgehead atoms. The molecular formula is C15H23ClN4. The summed E-state index contributed by atoms with van der Waals surface area (Å²) in [5.41, 5.74) is 1.03. The van der Waals surface area contributed by atoms with Crippen molar-refractivity contribution in [2.45, 2.75) is 44.6 Å². The molecule has 1 aliphatic heterocycles. The molecule has 2 heterocycles. The molecule has 1 saturated heterocycles. The van der Waals surface area contributed by atoms with Crippen LogP contribution < -0.4 is 4.90 Å². The van der Waals surface area contributed by atoms with Crippen LogP contribution >= 0.6 is 11.6 Å². The fourth-order valence-electron chi connectivity index (χ4n) is 2.92. The molecule has 0 N–H and O–H groups in total. The Labute approximate surface area is 126 Å². The van der Waals surface area contributed by atoms with Crippen molar-refractivity contribution < 1.29 is 0 Å². The third-order valence-electron chi connectivity index (χ3n) is 4.51. The van der Waals surface area contributed by atoms with E-state index in [-0.39, 0.29) is 0 Å². The SMILES string of the molecule is Cc1c(Cl)nc(C2CC2)nc1N1CCC(N(C)C)CC1. The zero-order valence-corrected chi connectivity index (χ0v) is 13.3. The Hall–Kier alpha value is -0.870. The minimum Gasteiger partial charge on any atom is -0.356 e. The Kier molecular flexibility index (Phi) is 3.87. The molecule has 0 atom stereocenters. The van der Waals surface area contributed by atoms with Gasteiger partial charge in [0.1, 0.15) is 16.8 Å². The first kappa shape index (κ1) is 14.1. The van der Waals surface area contributed by atoms with Crippen LogP contribution in [0.3, 0.4) is 0 Å². The predicted octanol–water partition coefficient (Wildman–Crippen LogP) is 2.85. The van der Waals surface area contributed by atoms with Gasteiger partial charge in [0, 0.05) is 30.6 Å². The molecule has 0 unspecified atom stereocenters. The van der Waals surface area contributed by atoms with E-state index < -0.39 is 0 Å². The van der Waals surface area contributed by atoms with Crippen LogP contribution in [0.5, 0.6) is 0 Å². The Morgan fingerprint density at radius 3 is 2.30 bits per heavy atom. The van der Waals surface area contributed by atoms with Gasteiger partial charge in [-0.15, -0.1) is 0 Å². The van der Waals surface area contributed by atoms with Crippen LogP contribution in [0.25, 0.3) is 0 Å². The Morgan fingerprint density at radius 1 is 1.10 bits per heavy atom. The largest absolute Gasteiger partial charge is 0.356 e. The quantitative estimate of drug-likeness (QED) is 0.803. The second-order valence-electron chi connectivity index (χ2n) is 6.28. The van der Waals surface area contributed by atoms with Crippen LogP contribution in [-0.2, 0) is 0 Å². The summed E-state index contributed by atoms with van der Waals surface area (Å²) in [6, 6.07) is 0.687. The monoisotopic (exact) mass is 294 g/mol. The van der Waals surface area contributed by atoms with Crippen molar-refractivity contribution in [3.63, 3.8) is 0 Å². The summed E-state index contributed by atoms with van der Waals surface area (Å²) < 4.78 is 0. The highest BCUT2D eigenvalue weighted by Crippen LogP contribution is 2.40. The van der Waals surface area contributed by atoms with E-state index in [4.69, 9.17) is 16.6 Å². The predicted molar refractivity (Wildman–Crippen MR) is 82.7 cm³/mol. The van der Waals surface area contributed by atoms with Crippen molar-refractivity contribution in [1.29, 1.82) is 0 Å². The fourth-order valence-corrected chi connectivity index (χ4v) is 3.09. The van der Waals surface area contributed by atoms with Gasteiger partial charge in [0.15, 0.2) is 0 Å². The number of piperidine rings is 1. The van der Waals surface area contributed by atoms with Gasteiger partial charge in [-0.1, -0.05) is 11.6 Å². The molecule has 0 spiro atoms. The lowest BCUT2D eigenvalue weighted by Gasteiger charge is -2.36. The minimum atomic E-state index is 0.547. The Balaban J connectivity index is 1.80. The molecule has 20 heavy (non-hydrogen) atoms. The zero-order valence-electron chi connectivity index (χ0n) is 12.6. The molecule has 2 fully saturated rings. The molecule has 110 valence electrons. The van der Waals surface area contributed by atoms with Crippen LogP contribution in [0.2, 0.25) is 5.15 Å². The van der Waals surface area contributed by atoms with Crippen molar-refractivity contribution in [2.24, 2.45) is 0 Å². The summed E-state index contributed by atoms with van der Waals surface area (Å²) in [6.07, 6.45) is 4.79. The lowest BCUT2D eigenvalue weighted by atomic mass is 10.0. The Bertz CT molecular complexity index is 491. The second-order valence-corrected chi connectivity index (χ2v) is 6.64. The molecule has 1 aliphatic carbocycles. The van der Waals surface area contributed by atoms with Gasteiger partial charge < -0.3 is 9.80 Å². The van der Waals surface area contributed by atoms with Crippen molar-refractivity contribution in [2.75, 3.05) is 32.1 Å². The molecule has 1 aromatic rings. The van der Waals surface area contributed by atoms with E-state index in [0.717, 1.165) is 30.3 Å². The molecular weight excluding hydrogens is 272 g/mol. The van der Waals surface area contributed by atoms with E-state index in [9.17, 15) is 0 Å². The van der Waals surface area contributed by atoms with Crippen molar-refractivity contribution in [3.8, 4) is 0 Å². The maximum atomic E-state index is 6.30. The Morgan fingerprint density at radius 2 is 1.75 bits per heavy atom. The lowest BCUT2D eigenvalue weighted by molar-refractivity contribution is 0.249. The first-order chi connectivity index (χ1) is 9.56. The first-order valence-corrected chi connectivity index (χ1v) is 7.89. The molecule has 1 saturated carbocycles. The molecule has 2 aliphatic rings. The number of aromatic nitrogens is 2. The molecule has 1 aromatic heterocycles. The molecule has 5 heteroatoms. The molecule has 0 radical (unpaired) electrons. The molecule has 4 nitrogen and oxygen atoms in total. The van der Waals surface area contributed by atoms with Gasteiger partial charge in [-0.3, -0.25) is 0 Å². The van der Waals surface area contributed by atoms with E-state index in [1.807, 2.05) is 6.92 Å². The van der Waals surface area contributed by atoms with E-state index >= 15 is 0 Å². The van der Waals surface area contributed by atoms with Crippen LogP contribution in [0.4, 0.5) is 5.82 Å². The van der Waals surface area contributed by atoms with Crippen LogP contribution in [0.1, 0.15) is 43.0 Å². The second kappa shape index (κ2) is 5.49. The minimum absolute atomic E-state index is 0.547. The lowest BCUT2D eigenvalue weighted by Crippen LogP contribution is -2.42. The standard InChI is InChI=1S/C15H23ClN4/c1-10-13(16)17-14(11-4-5-11)18-15(10)20-8-6-12(7-9-20)19(2)3/h11-12H,4-9H2,1-3H3. The van der Waals surface area contributed by atoms with Gasteiger partial charge in [0.05, 0.1) is 0 Å². The highest BCUT2D eigenvalue weighted by molar-refractivity contribution is 6.30. The number of nitrogens with zero attached hydrogens (tertiary/aromatic N) is 4.